The number of aliphatic hydroxyl groups is 1. The van der Waals surface area contributed by atoms with Gasteiger partial charge in [0.1, 0.15) is 0 Å². The van der Waals surface area contributed by atoms with Gasteiger partial charge >= 0.3 is 6.18 Å². The molecule has 128 valence electrons. The summed E-state index contributed by atoms with van der Waals surface area (Å²) in [6, 6.07) is 11.4. The lowest BCUT2D eigenvalue weighted by Gasteiger charge is -2.17. The Morgan fingerprint density at radius 1 is 1.08 bits per heavy atom. The summed E-state index contributed by atoms with van der Waals surface area (Å²) >= 11 is 0. The van der Waals surface area contributed by atoms with E-state index in [2.05, 4.69) is 0 Å². The molecule has 0 unspecified atom stereocenters. The van der Waals surface area contributed by atoms with E-state index in [1.165, 1.54) is 41.3 Å². The van der Waals surface area contributed by atoms with E-state index >= 15 is 0 Å². The SMILES string of the molecule is CN(CCCO)C(=O)c1ccc(-c2ccccc2C(F)(F)F)cc1. The average molecular weight is 337 g/mol. The maximum Gasteiger partial charge on any atom is 0.417 e. The molecule has 3 nitrogen and oxygen atoms in total. The fourth-order valence-corrected chi connectivity index (χ4v) is 2.40. The number of carbonyl (C=O) groups excluding carboxylic acids is 1. The Morgan fingerprint density at radius 3 is 2.29 bits per heavy atom. The first kappa shape index (κ1) is 18.0. The monoisotopic (exact) mass is 337 g/mol. The van der Waals surface area contributed by atoms with Crippen LogP contribution < -0.4 is 0 Å². The number of hydrogen-bond acceptors (Lipinski definition) is 2. The van der Waals surface area contributed by atoms with Gasteiger partial charge in [-0.1, -0.05) is 30.3 Å². The van der Waals surface area contributed by atoms with Gasteiger partial charge in [0.2, 0.25) is 0 Å². The van der Waals surface area contributed by atoms with Crippen molar-refractivity contribution in [2.45, 2.75) is 12.6 Å². The number of carbonyl (C=O) groups is 1. The molecule has 2 aromatic carbocycles. The molecule has 0 aliphatic heterocycles. The van der Waals surface area contributed by atoms with Gasteiger partial charge in [-0.2, -0.15) is 13.2 Å². The van der Waals surface area contributed by atoms with Gasteiger partial charge in [0, 0.05) is 25.8 Å². The van der Waals surface area contributed by atoms with Gasteiger partial charge in [-0.15, -0.1) is 0 Å². The van der Waals surface area contributed by atoms with Crippen molar-refractivity contribution in [1.82, 2.24) is 4.90 Å². The highest BCUT2D eigenvalue weighted by Crippen LogP contribution is 2.36. The fraction of sp³-hybridized carbons (Fsp3) is 0.278. The standard InChI is InChI=1S/C18H18F3NO2/c1-22(11-4-12-23)17(24)14-9-7-13(8-10-14)15-5-2-3-6-16(15)18(19,20)21/h2-3,5-10,23H,4,11-12H2,1H3. The van der Waals surface area contributed by atoms with E-state index in [1.54, 1.807) is 13.1 Å². The van der Waals surface area contributed by atoms with Gasteiger partial charge in [0.25, 0.3) is 5.91 Å². The van der Waals surface area contributed by atoms with Crippen molar-refractivity contribution >= 4 is 5.91 Å². The van der Waals surface area contributed by atoms with Crippen molar-refractivity contribution in [1.29, 1.82) is 0 Å². The number of aliphatic hydroxyl groups excluding tert-OH is 1. The highest BCUT2D eigenvalue weighted by Gasteiger charge is 2.33. The number of benzene rings is 2. The molecular formula is C18H18F3NO2. The minimum absolute atomic E-state index is 0.00914. The first-order valence-corrected chi connectivity index (χ1v) is 7.47. The third kappa shape index (κ3) is 4.14. The summed E-state index contributed by atoms with van der Waals surface area (Å²) in [4.78, 5) is 13.7. The van der Waals surface area contributed by atoms with Crippen molar-refractivity contribution in [2.75, 3.05) is 20.2 Å². The molecule has 0 aliphatic carbocycles. The molecule has 1 N–H and O–H groups in total. The van der Waals surface area contributed by atoms with Gasteiger partial charge < -0.3 is 10.0 Å². The van der Waals surface area contributed by atoms with Crippen LogP contribution in [0.1, 0.15) is 22.3 Å². The Bertz CT molecular complexity index is 696. The number of nitrogens with zero attached hydrogens (tertiary/aromatic N) is 1. The smallest absolute Gasteiger partial charge is 0.396 e. The second-order valence-electron chi connectivity index (χ2n) is 5.42. The van der Waals surface area contributed by atoms with Crippen molar-refractivity contribution < 1.29 is 23.1 Å². The molecule has 0 saturated heterocycles. The van der Waals surface area contributed by atoms with Crippen molar-refractivity contribution in [3.8, 4) is 11.1 Å². The maximum atomic E-state index is 13.1. The first-order chi connectivity index (χ1) is 11.3. The van der Waals surface area contributed by atoms with Gasteiger partial charge in [0.05, 0.1) is 5.56 Å². The molecule has 24 heavy (non-hydrogen) atoms. The van der Waals surface area contributed by atoms with Crippen LogP contribution in [-0.2, 0) is 6.18 Å². The number of alkyl halides is 3. The van der Waals surface area contributed by atoms with E-state index < -0.39 is 11.7 Å². The predicted octanol–water partition coefficient (Wildman–Crippen LogP) is 3.83. The van der Waals surface area contributed by atoms with Crippen LogP contribution in [0, 0.1) is 0 Å². The minimum Gasteiger partial charge on any atom is -0.396 e. The Balaban J connectivity index is 2.26. The predicted molar refractivity (Wildman–Crippen MR) is 85.5 cm³/mol. The number of halogens is 3. The maximum absolute atomic E-state index is 13.1. The van der Waals surface area contributed by atoms with Crippen molar-refractivity contribution in [3.63, 3.8) is 0 Å². The van der Waals surface area contributed by atoms with Gasteiger partial charge in [-0.05, 0) is 35.7 Å². The largest absolute Gasteiger partial charge is 0.417 e. The van der Waals surface area contributed by atoms with E-state index in [0.717, 1.165) is 6.07 Å². The fourth-order valence-electron chi connectivity index (χ4n) is 2.40. The summed E-state index contributed by atoms with van der Waals surface area (Å²) < 4.78 is 39.3. The third-order valence-corrected chi connectivity index (χ3v) is 3.67. The molecule has 0 saturated carbocycles. The zero-order chi connectivity index (χ0) is 17.7. The second kappa shape index (κ2) is 7.49. The molecule has 0 heterocycles. The molecule has 0 spiro atoms. The molecule has 2 aromatic rings. The van der Waals surface area contributed by atoms with E-state index in [1.807, 2.05) is 0 Å². The molecule has 0 aliphatic rings. The van der Waals surface area contributed by atoms with E-state index in [-0.39, 0.29) is 18.1 Å². The Kier molecular flexibility index (Phi) is 5.62. The summed E-state index contributed by atoms with van der Waals surface area (Å²) in [6.07, 6.45) is -3.96. The zero-order valence-corrected chi connectivity index (χ0v) is 13.2. The highest BCUT2D eigenvalue weighted by atomic mass is 19.4. The van der Waals surface area contributed by atoms with E-state index in [9.17, 15) is 18.0 Å². The molecule has 2 rings (SSSR count). The van der Waals surface area contributed by atoms with E-state index in [0.29, 0.717) is 24.1 Å². The van der Waals surface area contributed by atoms with Gasteiger partial charge in [0.15, 0.2) is 0 Å². The van der Waals surface area contributed by atoms with Crippen LogP contribution in [0.25, 0.3) is 11.1 Å². The number of amides is 1. The number of hydrogen-bond donors (Lipinski definition) is 1. The van der Waals surface area contributed by atoms with Gasteiger partial charge in [-0.3, -0.25) is 4.79 Å². The topological polar surface area (TPSA) is 40.5 Å². The molecule has 1 amide bonds. The van der Waals surface area contributed by atoms with Crippen LogP contribution in [0.15, 0.2) is 48.5 Å². The van der Waals surface area contributed by atoms with Gasteiger partial charge in [-0.25, -0.2) is 0 Å². The molecule has 0 radical (unpaired) electrons. The quantitative estimate of drug-likeness (QED) is 0.901. The van der Waals surface area contributed by atoms with Crippen LogP contribution >= 0.6 is 0 Å². The van der Waals surface area contributed by atoms with Crippen LogP contribution in [0.3, 0.4) is 0 Å². The average Bonchev–Trinajstić information content (AvgIpc) is 2.58. The van der Waals surface area contributed by atoms with E-state index in [4.69, 9.17) is 5.11 Å². The third-order valence-electron chi connectivity index (χ3n) is 3.67. The molecule has 0 aromatic heterocycles. The molecule has 0 fully saturated rings. The zero-order valence-electron chi connectivity index (χ0n) is 13.2. The van der Waals surface area contributed by atoms with Crippen LogP contribution in [0.5, 0.6) is 0 Å². The first-order valence-electron chi connectivity index (χ1n) is 7.47. The Morgan fingerprint density at radius 2 is 1.71 bits per heavy atom. The van der Waals surface area contributed by atoms with Crippen LogP contribution in [0.2, 0.25) is 0 Å². The highest BCUT2D eigenvalue weighted by molar-refractivity contribution is 5.94. The normalized spacial score (nSPS) is 11.4. The molecule has 6 heteroatoms. The minimum atomic E-state index is -4.43. The lowest BCUT2D eigenvalue weighted by molar-refractivity contribution is -0.137. The van der Waals surface area contributed by atoms with Crippen molar-refractivity contribution in [3.05, 3.63) is 59.7 Å². The Labute approximate surface area is 138 Å². The summed E-state index contributed by atoms with van der Waals surface area (Å²) in [6.45, 7) is 0.402. The molecule has 0 bridgehead atoms. The number of rotatable bonds is 5. The summed E-state index contributed by atoms with van der Waals surface area (Å²) in [7, 11) is 1.62. The lowest BCUT2D eigenvalue weighted by Crippen LogP contribution is -2.28. The Hall–Kier alpha value is -2.34. The van der Waals surface area contributed by atoms with Crippen molar-refractivity contribution in [2.24, 2.45) is 0 Å². The molecular weight excluding hydrogens is 319 g/mol. The second-order valence-corrected chi connectivity index (χ2v) is 5.42. The summed E-state index contributed by atoms with van der Waals surface area (Å²) in [5.74, 6) is -0.237. The summed E-state index contributed by atoms with van der Waals surface area (Å²) in [5.41, 5.74) is 0.169. The summed E-state index contributed by atoms with van der Waals surface area (Å²) in [5, 5.41) is 8.79. The van der Waals surface area contributed by atoms with Crippen LogP contribution in [0.4, 0.5) is 13.2 Å². The molecule has 0 atom stereocenters. The van der Waals surface area contributed by atoms with Crippen LogP contribution in [-0.4, -0.2) is 36.1 Å². The lowest BCUT2D eigenvalue weighted by atomic mass is 9.98.